The van der Waals surface area contributed by atoms with Gasteiger partial charge in [-0.25, -0.2) is 0 Å². The fraction of sp³-hybridized carbons (Fsp3) is 0.250. The van der Waals surface area contributed by atoms with Gasteiger partial charge in [0.25, 0.3) is 5.69 Å². The minimum atomic E-state index is -0.618. The second kappa shape index (κ2) is 6.85. The maximum Gasteiger partial charge on any atom is 0.272 e. The first-order valence-electron chi connectivity index (χ1n) is 6.71. The number of aliphatic hydroxyl groups excluding tert-OH is 1. The van der Waals surface area contributed by atoms with Gasteiger partial charge in [-0.05, 0) is 13.0 Å². The van der Waals surface area contributed by atoms with E-state index >= 15 is 0 Å². The van der Waals surface area contributed by atoms with Crippen LogP contribution < -0.4 is 4.74 Å². The Morgan fingerprint density at radius 3 is 2.57 bits per heavy atom. The van der Waals surface area contributed by atoms with Gasteiger partial charge in [0.2, 0.25) is 0 Å². The highest BCUT2D eigenvalue weighted by Crippen LogP contribution is 2.25. The van der Waals surface area contributed by atoms with Crippen LogP contribution in [0.2, 0.25) is 0 Å². The SMILES string of the molecule is C[C@H](O)c1ccccc1OCCc1ccccc1[N+](=O)[O-]. The van der Waals surface area contributed by atoms with Gasteiger partial charge in [-0.1, -0.05) is 36.4 Å². The van der Waals surface area contributed by atoms with Crippen LogP contribution >= 0.6 is 0 Å². The third-order valence-electron chi connectivity index (χ3n) is 3.19. The van der Waals surface area contributed by atoms with Crippen molar-refractivity contribution in [3.05, 3.63) is 69.8 Å². The molecule has 0 saturated heterocycles. The molecule has 1 N–H and O–H groups in total. The molecule has 2 aromatic rings. The van der Waals surface area contributed by atoms with E-state index in [4.69, 9.17) is 4.74 Å². The number of para-hydroxylation sites is 2. The van der Waals surface area contributed by atoms with Gasteiger partial charge in [0.15, 0.2) is 0 Å². The zero-order chi connectivity index (χ0) is 15.2. The Hall–Kier alpha value is -2.40. The molecule has 2 rings (SSSR count). The lowest BCUT2D eigenvalue weighted by Gasteiger charge is -2.13. The minimum absolute atomic E-state index is 0.102. The third-order valence-corrected chi connectivity index (χ3v) is 3.19. The molecular weight excluding hydrogens is 270 g/mol. The molecule has 0 aromatic heterocycles. The molecule has 0 aliphatic carbocycles. The van der Waals surface area contributed by atoms with Crippen molar-refractivity contribution in [1.29, 1.82) is 0 Å². The summed E-state index contributed by atoms with van der Waals surface area (Å²) >= 11 is 0. The Morgan fingerprint density at radius 2 is 1.86 bits per heavy atom. The quantitative estimate of drug-likeness (QED) is 0.653. The molecule has 5 nitrogen and oxygen atoms in total. The van der Waals surface area contributed by atoms with E-state index < -0.39 is 6.10 Å². The van der Waals surface area contributed by atoms with Crippen LogP contribution in [0.25, 0.3) is 0 Å². The molecule has 0 radical (unpaired) electrons. The Balaban J connectivity index is 2.04. The number of nitro groups is 1. The summed E-state index contributed by atoms with van der Waals surface area (Å²) in [6.45, 7) is 1.98. The predicted molar refractivity (Wildman–Crippen MR) is 79.4 cm³/mol. The maximum absolute atomic E-state index is 10.9. The van der Waals surface area contributed by atoms with E-state index in [-0.39, 0.29) is 10.6 Å². The van der Waals surface area contributed by atoms with Crippen molar-refractivity contribution in [1.82, 2.24) is 0 Å². The molecule has 0 heterocycles. The number of hydrogen-bond donors (Lipinski definition) is 1. The number of nitrogens with zero attached hydrogens (tertiary/aromatic N) is 1. The van der Waals surface area contributed by atoms with Gasteiger partial charge in [-0.2, -0.15) is 0 Å². The summed E-state index contributed by atoms with van der Waals surface area (Å²) in [5, 5.41) is 20.6. The number of hydrogen-bond acceptors (Lipinski definition) is 4. The van der Waals surface area contributed by atoms with Crippen LogP contribution in [-0.2, 0) is 6.42 Å². The first kappa shape index (κ1) is 15.0. The summed E-state index contributed by atoms with van der Waals surface area (Å²) in [5.74, 6) is 0.603. The highest BCUT2D eigenvalue weighted by Gasteiger charge is 2.13. The molecule has 1 atom stereocenters. The van der Waals surface area contributed by atoms with Gasteiger partial charge in [0, 0.05) is 23.6 Å². The van der Waals surface area contributed by atoms with Crippen molar-refractivity contribution in [2.75, 3.05) is 6.61 Å². The molecule has 0 aliphatic heterocycles. The second-order valence-electron chi connectivity index (χ2n) is 4.70. The monoisotopic (exact) mass is 287 g/mol. The summed E-state index contributed by atoms with van der Waals surface area (Å²) in [4.78, 5) is 10.5. The van der Waals surface area contributed by atoms with Crippen LogP contribution in [0.3, 0.4) is 0 Å². The van der Waals surface area contributed by atoms with Crippen molar-refractivity contribution in [3.8, 4) is 5.75 Å². The maximum atomic E-state index is 10.9. The standard InChI is InChI=1S/C16H17NO4/c1-12(18)14-7-3-5-9-16(14)21-11-10-13-6-2-4-8-15(13)17(19)20/h2-9,12,18H,10-11H2,1H3/t12-/m0/s1. The molecule has 21 heavy (non-hydrogen) atoms. The number of benzene rings is 2. The molecule has 0 fully saturated rings. The fourth-order valence-electron chi connectivity index (χ4n) is 2.13. The van der Waals surface area contributed by atoms with Crippen LogP contribution in [0.15, 0.2) is 48.5 Å². The molecule has 5 heteroatoms. The molecule has 0 saturated carbocycles. The zero-order valence-corrected chi connectivity index (χ0v) is 11.7. The normalized spacial score (nSPS) is 11.9. The molecule has 0 unspecified atom stereocenters. The number of ether oxygens (including phenoxy) is 1. The zero-order valence-electron chi connectivity index (χ0n) is 11.7. The van der Waals surface area contributed by atoms with E-state index in [2.05, 4.69) is 0 Å². The molecular formula is C16H17NO4. The number of rotatable bonds is 6. The lowest BCUT2D eigenvalue weighted by molar-refractivity contribution is -0.385. The summed E-state index contributed by atoms with van der Waals surface area (Å²) in [6, 6.07) is 13.9. The molecule has 0 spiro atoms. The summed E-state index contributed by atoms with van der Waals surface area (Å²) in [7, 11) is 0. The smallest absolute Gasteiger partial charge is 0.272 e. The van der Waals surface area contributed by atoms with Crippen LogP contribution in [0.5, 0.6) is 5.75 Å². The van der Waals surface area contributed by atoms with Crippen molar-refractivity contribution < 1.29 is 14.8 Å². The highest BCUT2D eigenvalue weighted by molar-refractivity contribution is 5.40. The Morgan fingerprint density at radius 1 is 1.19 bits per heavy atom. The predicted octanol–water partition coefficient (Wildman–Crippen LogP) is 3.27. The topological polar surface area (TPSA) is 72.6 Å². The van der Waals surface area contributed by atoms with Crippen molar-refractivity contribution >= 4 is 5.69 Å². The average Bonchev–Trinajstić information content (AvgIpc) is 2.48. The van der Waals surface area contributed by atoms with Crippen LogP contribution in [0, 0.1) is 10.1 Å². The lowest BCUT2D eigenvalue weighted by atomic mass is 10.1. The summed E-state index contributed by atoms with van der Waals surface area (Å²) in [6.07, 6.45) is -0.182. The lowest BCUT2D eigenvalue weighted by Crippen LogP contribution is -2.06. The third kappa shape index (κ3) is 3.79. The van der Waals surface area contributed by atoms with Crippen LogP contribution in [-0.4, -0.2) is 16.6 Å². The van der Waals surface area contributed by atoms with E-state index in [1.165, 1.54) is 6.07 Å². The average molecular weight is 287 g/mol. The minimum Gasteiger partial charge on any atom is -0.493 e. The van der Waals surface area contributed by atoms with Crippen LogP contribution in [0.4, 0.5) is 5.69 Å². The Labute approximate surface area is 123 Å². The van der Waals surface area contributed by atoms with E-state index in [1.54, 1.807) is 37.3 Å². The van der Waals surface area contributed by atoms with Gasteiger partial charge < -0.3 is 9.84 Å². The Bertz CT molecular complexity index is 625. The van der Waals surface area contributed by atoms with Gasteiger partial charge in [-0.15, -0.1) is 0 Å². The first-order valence-corrected chi connectivity index (χ1v) is 6.71. The largest absolute Gasteiger partial charge is 0.493 e. The van der Waals surface area contributed by atoms with E-state index in [0.29, 0.717) is 29.9 Å². The summed E-state index contributed by atoms with van der Waals surface area (Å²) < 4.78 is 5.65. The number of aliphatic hydroxyl groups is 1. The number of nitro benzene ring substituents is 1. The van der Waals surface area contributed by atoms with Crippen LogP contribution in [0.1, 0.15) is 24.2 Å². The highest BCUT2D eigenvalue weighted by atomic mass is 16.6. The van der Waals surface area contributed by atoms with Gasteiger partial charge in [0.05, 0.1) is 17.6 Å². The van der Waals surface area contributed by atoms with E-state index in [1.807, 2.05) is 12.1 Å². The fourth-order valence-corrected chi connectivity index (χ4v) is 2.13. The molecule has 0 bridgehead atoms. The molecule has 0 aliphatic rings. The first-order chi connectivity index (χ1) is 10.1. The molecule has 0 amide bonds. The van der Waals surface area contributed by atoms with E-state index in [9.17, 15) is 15.2 Å². The van der Waals surface area contributed by atoms with Gasteiger partial charge >= 0.3 is 0 Å². The van der Waals surface area contributed by atoms with Crippen molar-refractivity contribution in [2.45, 2.75) is 19.4 Å². The Kier molecular flexibility index (Phi) is 4.90. The van der Waals surface area contributed by atoms with Crippen molar-refractivity contribution in [2.24, 2.45) is 0 Å². The van der Waals surface area contributed by atoms with Gasteiger partial charge in [-0.3, -0.25) is 10.1 Å². The van der Waals surface area contributed by atoms with Gasteiger partial charge in [0.1, 0.15) is 5.75 Å². The van der Waals surface area contributed by atoms with E-state index in [0.717, 1.165) is 0 Å². The second-order valence-corrected chi connectivity index (χ2v) is 4.70. The molecule has 110 valence electrons. The molecule has 2 aromatic carbocycles. The van der Waals surface area contributed by atoms with Crippen molar-refractivity contribution in [3.63, 3.8) is 0 Å². The summed E-state index contributed by atoms with van der Waals surface area (Å²) in [5.41, 5.74) is 1.45.